The van der Waals surface area contributed by atoms with Crippen LogP contribution in [0.25, 0.3) is 0 Å². The first-order valence-electron chi connectivity index (χ1n) is 7.44. The van der Waals surface area contributed by atoms with Gasteiger partial charge in [0, 0.05) is 58.2 Å². The Hall–Kier alpha value is -0.970. The molecule has 0 aliphatic carbocycles. The average molecular weight is 260 g/mol. The van der Waals surface area contributed by atoms with Crippen molar-refractivity contribution in [3.05, 3.63) is 30.1 Å². The maximum Gasteiger partial charge on any atom is 0.0271 e. The molecule has 1 aromatic heterocycles. The van der Waals surface area contributed by atoms with E-state index in [-0.39, 0.29) is 0 Å². The van der Waals surface area contributed by atoms with Gasteiger partial charge < -0.3 is 10.2 Å². The number of rotatable bonds is 4. The molecule has 4 nitrogen and oxygen atoms in total. The van der Waals surface area contributed by atoms with Crippen molar-refractivity contribution in [2.45, 2.75) is 13.0 Å². The monoisotopic (exact) mass is 260 g/mol. The largest absolute Gasteiger partial charge is 0.314 e. The van der Waals surface area contributed by atoms with Crippen LogP contribution in [0.3, 0.4) is 0 Å². The van der Waals surface area contributed by atoms with Gasteiger partial charge in [-0.15, -0.1) is 0 Å². The fraction of sp³-hybridized carbons (Fsp3) is 0.667. The summed E-state index contributed by atoms with van der Waals surface area (Å²) in [6, 6.07) is 4.26. The minimum atomic E-state index is 0.861. The highest BCUT2D eigenvalue weighted by molar-refractivity contribution is 5.09. The van der Waals surface area contributed by atoms with Crippen LogP contribution < -0.4 is 5.32 Å². The Morgan fingerprint density at radius 2 is 1.89 bits per heavy atom. The van der Waals surface area contributed by atoms with E-state index in [1.165, 1.54) is 44.7 Å². The van der Waals surface area contributed by atoms with E-state index in [0.717, 1.165) is 25.6 Å². The van der Waals surface area contributed by atoms with Crippen LogP contribution in [-0.4, -0.2) is 60.6 Å². The van der Waals surface area contributed by atoms with Gasteiger partial charge in [0.15, 0.2) is 0 Å². The third kappa shape index (κ3) is 3.75. The van der Waals surface area contributed by atoms with E-state index in [0.29, 0.717) is 0 Å². The summed E-state index contributed by atoms with van der Waals surface area (Å²) in [6.45, 7) is 9.64. The number of likely N-dealkylation sites (tertiary alicyclic amines) is 1. The van der Waals surface area contributed by atoms with Gasteiger partial charge in [-0.05, 0) is 36.6 Å². The number of hydrogen-bond acceptors (Lipinski definition) is 4. The van der Waals surface area contributed by atoms with Crippen molar-refractivity contribution in [1.82, 2.24) is 20.1 Å². The Morgan fingerprint density at radius 3 is 2.68 bits per heavy atom. The molecule has 1 atom stereocenters. The molecule has 0 aromatic carbocycles. The summed E-state index contributed by atoms with van der Waals surface area (Å²) in [4.78, 5) is 9.29. The number of nitrogens with zero attached hydrogens (tertiary/aromatic N) is 3. The Bertz CT molecular complexity index is 375. The number of aromatic nitrogens is 1. The second-order valence-corrected chi connectivity index (χ2v) is 5.80. The zero-order valence-electron chi connectivity index (χ0n) is 11.6. The van der Waals surface area contributed by atoms with Crippen LogP contribution in [0.5, 0.6) is 0 Å². The molecule has 2 aliphatic rings. The van der Waals surface area contributed by atoms with Gasteiger partial charge in [-0.3, -0.25) is 9.88 Å². The number of hydrogen-bond donors (Lipinski definition) is 1. The normalized spacial score (nSPS) is 25.8. The van der Waals surface area contributed by atoms with Crippen LogP contribution in [0.4, 0.5) is 0 Å². The van der Waals surface area contributed by atoms with Crippen LogP contribution in [0.15, 0.2) is 24.5 Å². The molecule has 0 bridgehead atoms. The molecule has 2 saturated heterocycles. The molecule has 3 heterocycles. The highest BCUT2D eigenvalue weighted by Crippen LogP contribution is 2.19. The summed E-state index contributed by atoms with van der Waals surface area (Å²) in [5.74, 6) is 0.861. The highest BCUT2D eigenvalue weighted by atomic mass is 15.2. The van der Waals surface area contributed by atoms with Crippen LogP contribution in [0.2, 0.25) is 0 Å². The summed E-state index contributed by atoms with van der Waals surface area (Å²) in [6.07, 6.45) is 5.14. The van der Waals surface area contributed by atoms with Gasteiger partial charge in [0.25, 0.3) is 0 Å². The highest BCUT2D eigenvalue weighted by Gasteiger charge is 2.24. The molecule has 19 heavy (non-hydrogen) atoms. The van der Waals surface area contributed by atoms with Gasteiger partial charge in [-0.25, -0.2) is 0 Å². The molecule has 2 aliphatic heterocycles. The maximum absolute atomic E-state index is 4.08. The number of piperazine rings is 1. The quantitative estimate of drug-likeness (QED) is 0.868. The Labute approximate surface area is 115 Å². The lowest BCUT2D eigenvalue weighted by Gasteiger charge is -2.29. The molecule has 1 N–H and O–H groups in total. The Morgan fingerprint density at radius 1 is 1.11 bits per heavy atom. The van der Waals surface area contributed by atoms with Crippen molar-refractivity contribution in [3.8, 4) is 0 Å². The van der Waals surface area contributed by atoms with E-state index >= 15 is 0 Å². The molecule has 1 aromatic rings. The molecule has 0 radical (unpaired) electrons. The zero-order chi connectivity index (χ0) is 12.9. The summed E-state index contributed by atoms with van der Waals surface area (Å²) >= 11 is 0. The fourth-order valence-electron chi connectivity index (χ4n) is 3.21. The molecule has 0 saturated carbocycles. The first-order valence-corrected chi connectivity index (χ1v) is 7.44. The predicted molar refractivity (Wildman–Crippen MR) is 76.9 cm³/mol. The second-order valence-electron chi connectivity index (χ2n) is 5.80. The van der Waals surface area contributed by atoms with Crippen molar-refractivity contribution in [2.24, 2.45) is 5.92 Å². The van der Waals surface area contributed by atoms with Crippen LogP contribution in [-0.2, 0) is 6.54 Å². The van der Waals surface area contributed by atoms with E-state index in [4.69, 9.17) is 0 Å². The minimum Gasteiger partial charge on any atom is -0.314 e. The van der Waals surface area contributed by atoms with Gasteiger partial charge in [-0.1, -0.05) is 0 Å². The molecular weight excluding hydrogens is 236 g/mol. The third-order valence-electron chi connectivity index (χ3n) is 4.25. The summed E-state index contributed by atoms with van der Waals surface area (Å²) in [7, 11) is 0. The Kier molecular flexibility index (Phi) is 4.43. The lowest BCUT2D eigenvalue weighted by molar-refractivity contribution is 0.202. The molecule has 104 valence electrons. The van der Waals surface area contributed by atoms with Crippen LogP contribution in [0, 0.1) is 5.92 Å². The summed E-state index contributed by atoms with van der Waals surface area (Å²) in [5, 5.41) is 3.42. The Balaban J connectivity index is 1.44. The first-order chi connectivity index (χ1) is 9.40. The summed E-state index contributed by atoms with van der Waals surface area (Å²) < 4.78 is 0. The maximum atomic E-state index is 4.08. The van der Waals surface area contributed by atoms with E-state index in [1.807, 2.05) is 12.4 Å². The molecule has 0 spiro atoms. The molecular formula is C15H24N4. The average Bonchev–Trinajstić information content (AvgIpc) is 2.88. The summed E-state index contributed by atoms with van der Waals surface area (Å²) in [5.41, 5.74) is 1.39. The van der Waals surface area contributed by atoms with E-state index in [2.05, 4.69) is 32.2 Å². The molecule has 2 fully saturated rings. The second kappa shape index (κ2) is 6.46. The van der Waals surface area contributed by atoms with E-state index < -0.39 is 0 Å². The first kappa shape index (κ1) is 13.0. The molecule has 0 amide bonds. The van der Waals surface area contributed by atoms with Crippen LogP contribution >= 0.6 is 0 Å². The molecule has 3 rings (SSSR count). The van der Waals surface area contributed by atoms with Gasteiger partial charge >= 0.3 is 0 Å². The number of pyridine rings is 1. The van der Waals surface area contributed by atoms with Crippen molar-refractivity contribution >= 4 is 0 Å². The van der Waals surface area contributed by atoms with Crippen molar-refractivity contribution in [1.29, 1.82) is 0 Å². The van der Waals surface area contributed by atoms with Crippen molar-refractivity contribution < 1.29 is 0 Å². The van der Waals surface area contributed by atoms with Crippen molar-refractivity contribution in [3.63, 3.8) is 0 Å². The van der Waals surface area contributed by atoms with Gasteiger partial charge in [0.2, 0.25) is 0 Å². The van der Waals surface area contributed by atoms with Crippen LogP contribution in [0.1, 0.15) is 12.0 Å². The standard InChI is InChI=1S/C15H24N4/c1-4-16-5-2-14(1)11-19-8-3-15(13-19)12-18-9-6-17-7-10-18/h1-2,4-5,15,17H,3,6-13H2. The lowest BCUT2D eigenvalue weighted by atomic mass is 10.1. The minimum absolute atomic E-state index is 0.861. The topological polar surface area (TPSA) is 31.4 Å². The molecule has 1 unspecified atom stereocenters. The van der Waals surface area contributed by atoms with Gasteiger partial charge in [-0.2, -0.15) is 0 Å². The number of nitrogens with one attached hydrogen (secondary N) is 1. The zero-order valence-corrected chi connectivity index (χ0v) is 11.6. The van der Waals surface area contributed by atoms with E-state index in [9.17, 15) is 0 Å². The third-order valence-corrected chi connectivity index (χ3v) is 4.25. The van der Waals surface area contributed by atoms with Gasteiger partial charge in [0.05, 0.1) is 0 Å². The SMILES string of the molecule is c1cc(CN2CCC(CN3CCNCC3)C2)ccn1. The van der Waals surface area contributed by atoms with Gasteiger partial charge in [0.1, 0.15) is 0 Å². The smallest absolute Gasteiger partial charge is 0.0271 e. The predicted octanol–water partition coefficient (Wildman–Crippen LogP) is 0.809. The van der Waals surface area contributed by atoms with Crippen molar-refractivity contribution in [2.75, 3.05) is 45.8 Å². The molecule has 4 heteroatoms. The fourth-order valence-corrected chi connectivity index (χ4v) is 3.21. The van der Waals surface area contributed by atoms with E-state index in [1.54, 1.807) is 0 Å². The lowest BCUT2D eigenvalue weighted by Crippen LogP contribution is -2.45.